The molecular formula is C16H23NO3S. The summed E-state index contributed by atoms with van der Waals surface area (Å²) in [6.07, 6.45) is 1.54. The SMILES string of the molecule is Cc1ccc(S(=O)N2CCC3(CC2)OCC(C)(C)O3)cc1. The van der Waals surface area contributed by atoms with Crippen LogP contribution in [0.4, 0.5) is 0 Å². The van der Waals surface area contributed by atoms with Crippen molar-refractivity contribution >= 4 is 11.0 Å². The van der Waals surface area contributed by atoms with Gasteiger partial charge in [0.1, 0.15) is 11.0 Å². The van der Waals surface area contributed by atoms with Crippen molar-refractivity contribution in [3.05, 3.63) is 29.8 Å². The summed E-state index contributed by atoms with van der Waals surface area (Å²) in [6, 6.07) is 7.90. The molecule has 21 heavy (non-hydrogen) atoms. The van der Waals surface area contributed by atoms with E-state index in [0.29, 0.717) is 6.61 Å². The molecule has 3 rings (SSSR count). The van der Waals surface area contributed by atoms with Crippen LogP contribution < -0.4 is 0 Å². The summed E-state index contributed by atoms with van der Waals surface area (Å²) >= 11 is 0. The van der Waals surface area contributed by atoms with Crippen molar-refractivity contribution in [2.24, 2.45) is 0 Å². The van der Waals surface area contributed by atoms with Gasteiger partial charge in [-0.1, -0.05) is 17.7 Å². The van der Waals surface area contributed by atoms with Crippen molar-refractivity contribution in [3.63, 3.8) is 0 Å². The molecule has 1 aromatic carbocycles. The van der Waals surface area contributed by atoms with Crippen LogP contribution in [0.15, 0.2) is 29.2 Å². The van der Waals surface area contributed by atoms with Crippen molar-refractivity contribution in [1.82, 2.24) is 4.31 Å². The van der Waals surface area contributed by atoms with Crippen LogP contribution >= 0.6 is 0 Å². The second kappa shape index (κ2) is 5.47. The summed E-state index contributed by atoms with van der Waals surface area (Å²) < 4.78 is 26.6. The van der Waals surface area contributed by atoms with Crippen LogP contribution in [-0.4, -0.2) is 39.6 Å². The summed E-state index contributed by atoms with van der Waals surface area (Å²) in [7, 11) is -1.09. The summed E-state index contributed by atoms with van der Waals surface area (Å²) in [4.78, 5) is 0.866. The van der Waals surface area contributed by atoms with Crippen LogP contribution in [0.2, 0.25) is 0 Å². The second-order valence-electron chi connectivity index (χ2n) is 6.55. The molecule has 5 heteroatoms. The zero-order valence-corrected chi connectivity index (χ0v) is 13.7. The Morgan fingerprint density at radius 1 is 1.14 bits per heavy atom. The molecule has 4 nitrogen and oxygen atoms in total. The molecule has 0 radical (unpaired) electrons. The molecule has 0 bridgehead atoms. The van der Waals surface area contributed by atoms with Crippen molar-refractivity contribution < 1.29 is 13.7 Å². The van der Waals surface area contributed by atoms with Crippen LogP contribution in [0.3, 0.4) is 0 Å². The normalized spacial score (nSPS) is 26.0. The fraction of sp³-hybridized carbons (Fsp3) is 0.625. The average molecular weight is 309 g/mol. The largest absolute Gasteiger partial charge is 0.347 e. The van der Waals surface area contributed by atoms with E-state index in [2.05, 4.69) is 13.8 Å². The Kier molecular flexibility index (Phi) is 3.94. The van der Waals surface area contributed by atoms with Crippen LogP contribution in [0.1, 0.15) is 32.3 Å². The second-order valence-corrected chi connectivity index (χ2v) is 8.04. The predicted molar refractivity (Wildman–Crippen MR) is 82.2 cm³/mol. The number of aryl methyl sites for hydroxylation is 1. The van der Waals surface area contributed by atoms with Gasteiger partial charge < -0.3 is 9.47 Å². The minimum absolute atomic E-state index is 0.210. The van der Waals surface area contributed by atoms with Gasteiger partial charge in [-0.25, -0.2) is 8.51 Å². The molecule has 2 saturated heterocycles. The highest BCUT2D eigenvalue weighted by Gasteiger charge is 2.47. The fourth-order valence-corrected chi connectivity index (χ4v) is 4.09. The maximum absolute atomic E-state index is 12.6. The number of benzene rings is 1. The van der Waals surface area contributed by atoms with Crippen LogP contribution in [-0.2, 0) is 20.5 Å². The lowest BCUT2D eigenvalue weighted by molar-refractivity contribution is -0.201. The number of piperidine rings is 1. The van der Waals surface area contributed by atoms with Gasteiger partial charge in [-0.15, -0.1) is 0 Å². The van der Waals surface area contributed by atoms with Gasteiger partial charge in [0.2, 0.25) is 0 Å². The van der Waals surface area contributed by atoms with E-state index in [1.54, 1.807) is 0 Å². The van der Waals surface area contributed by atoms with E-state index in [4.69, 9.17) is 9.47 Å². The van der Waals surface area contributed by atoms with Crippen molar-refractivity contribution in [1.29, 1.82) is 0 Å². The van der Waals surface area contributed by atoms with Gasteiger partial charge in [0.15, 0.2) is 5.79 Å². The Labute approximate surface area is 129 Å². The van der Waals surface area contributed by atoms with E-state index in [1.807, 2.05) is 35.5 Å². The highest BCUT2D eigenvalue weighted by atomic mass is 32.2. The Hall–Kier alpha value is -0.750. The molecule has 0 aliphatic carbocycles. The van der Waals surface area contributed by atoms with E-state index in [1.165, 1.54) is 5.56 Å². The number of nitrogens with zero attached hydrogens (tertiary/aromatic N) is 1. The molecule has 1 unspecified atom stereocenters. The molecular weight excluding hydrogens is 286 g/mol. The van der Waals surface area contributed by atoms with Crippen LogP contribution in [0.25, 0.3) is 0 Å². The number of hydrogen-bond donors (Lipinski definition) is 0. The van der Waals surface area contributed by atoms with Gasteiger partial charge in [-0.3, -0.25) is 0 Å². The van der Waals surface area contributed by atoms with Gasteiger partial charge in [-0.2, -0.15) is 0 Å². The Bertz CT molecular complexity index is 533. The first-order valence-electron chi connectivity index (χ1n) is 7.47. The third-order valence-corrected chi connectivity index (χ3v) is 5.60. The van der Waals surface area contributed by atoms with Gasteiger partial charge in [0, 0.05) is 25.9 Å². The summed E-state index contributed by atoms with van der Waals surface area (Å²) in [6.45, 7) is 8.24. The van der Waals surface area contributed by atoms with Crippen molar-refractivity contribution in [2.45, 2.75) is 49.9 Å². The quantitative estimate of drug-likeness (QED) is 0.843. The molecule has 2 fully saturated rings. The van der Waals surface area contributed by atoms with E-state index in [0.717, 1.165) is 30.8 Å². The molecule has 0 aromatic heterocycles. The van der Waals surface area contributed by atoms with Crippen LogP contribution in [0, 0.1) is 6.92 Å². The van der Waals surface area contributed by atoms with E-state index < -0.39 is 16.8 Å². The Morgan fingerprint density at radius 3 is 2.29 bits per heavy atom. The molecule has 0 saturated carbocycles. The minimum atomic E-state index is -1.09. The highest BCUT2D eigenvalue weighted by Crippen LogP contribution is 2.39. The zero-order valence-electron chi connectivity index (χ0n) is 12.9. The van der Waals surface area contributed by atoms with E-state index in [-0.39, 0.29) is 5.60 Å². The Balaban J connectivity index is 1.63. The lowest BCUT2D eigenvalue weighted by Crippen LogP contribution is -2.46. The highest BCUT2D eigenvalue weighted by molar-refractivity contribution is 7.82. The minimum Gasteiger partial charge on any atom is -0.347 e. The first kappa shape index (κ1) is 15.2. The lowest BCUT2D eigenvalue weighted by atomic mass is 10.1. The molecule has 0 N–H and O–H groups in total. The number of ether oxygens (including phenoxy) is 2. The number of rotatable bonds is 2. The molecule has 2 aliphatic rings. The summed E-state index contributed by atoms with van der Waals surface area (Å²) in [5, 5.41) is 0. The summed E-state index contributed by atoms with van der Waals surface area (Å²) in [5.74, 6) is -0.461. The fourth-order valence-electron chi connectivity index (χ4n) is 2.91. The molecule has 1 aromatic rings. The first-order chi connectivity index (χ1) is 9.89. The van der Waals surface area contributed by atoms with Gasteiger partial charge in [0.25, 0.3) is 0 Å². The zero-order chi connectivity index (χ0) is 15.1. The Morgan fingerprint density at radius 2 is 1.76 bits per heavy atom. The molecule has 2 heterocycles. The molecule has 116 valence electrons. The van der Waals surface area contributed by atoms with E-state index >= 15 is 0 Å². The van der Waals surface area contributed by atoms with E-state index in [9.17, 15) is 4.21 Å². The van der Waals surface area contributed by atoms with Gasteiger partial charge >= 0.3 is 0 Å². The average Bonchev–Trinajstić information content (AvgIpc) is 2.75. The standard InChI is InChI=1S/C16H23NO3S/c1-13-4-6-14(7-5-13)21(18)17-10-8-16(9-11-17)19-12-15(2,3)20-16/h4-7H,8-12H2,1-3H3. The topological polar surface area (TPSA) is 38.8 Å². The first-order valence-corrected chi connectivity index (χ1v) is 8.58. The van der Waals surface area contributed by atoms with Crippen molar-refractivity contribution in [3.8, 4) is 0 Å². The smallest absolute Gasteiger partial charge is 0.171 e. The van der Waals surface area contributed by atoms with Gasteiger partial charge in [0.05, 0.1) is 17.1 Å². The molecule has 2 aliphatic heterocycles. The third kappa shape index (κ3) is 3.21. The van der Waals surface area contributed by atoms with Crippen molar-refractivity contribution in [2.75, 3.05) is 19.7 Å². The third-order valence-electron chi connectivity index (χ3n) is 4.09. The summed E-state index contributed by atoms with van der Waals surface area (Å²) in [5.41, 5.74) is 0.974. The maximum atomic E-state index is 12.6. The van der Waals surface area contributed by atoms with Crippen LogP contribution in [0.5, 0.6) is 0 Å². The predicted octanol–water partition coefficient (Wildman–Crippen LogP) is 2.64. The molecule has 1 spiro atoms. The van der Waals surface area contributed by atoms with Gasteiger partial charge in [-0.05, 0) is 32.9 Å². The molecule has 0 amide bonds. The molecule has 1 atom stereocenters. The maximum Gasteiger partial charge on any atom is 0.171 e. The monoisotopic (exact) mass is 309 g/mol. The number of hydrogen-bond acceptors (Lipinski definition) is 3. The lowest BCUT2D eigenvalue weighted by Gasteiger charge is -2.37.